The zero-order valence-electron chi connectivity index (χ0n) is 16.1. The summed E-state index contributed by atoms with van der Waals surface area (Å²) in [7, 11) is 0. The minimum Gasteiger partial charge on any atom is -0.451 e. The molecule has 4 rings (SSSR count). The highest BCUT2D eigenvalue weighted by molar-refractivity contribution is 5.90. The number of aliphatic hydroxyl groups excluding tert-OH is 1. The van der Waals surface area contributed by atoms with E-state index in [1.807, 2.05) is 0 Å². The van der Waals surface area contributed by atoms with E-state index >= 15 is 0 Å². The van der Waals surface area contributed by atoms with Crippen LogP contribution in [0.25, 0.3) is 0 Å². The molecule has 3 aliphatic rings. The van der Waals surface area contributed by atoms with Gasteiger partial charge in [0.05, 0.1) is 30.8 Å². The molecule has 3 fully saturated rings. The van der Waals surface area contributed by atoms with E-state index in [-0.39, 0.29) is 24.0 Å². The lowest BCUT2D eigenvalue weighted by atomic mass is 9.85. The lowest BCUT2D eigenvalue weighted by Crippen LogP contribution is -2.80. The van der Waals surface area contributed by atoms with Crippen molar-refractivity contribution in [2.75, 3.05) is 13.2 Å². The minimum atomic E-state index is -4.90. The maximum absolute atomic E-state index is 12.5. The van der Waals surface area contributed by atoms with E-state index in [0.29, 0.717) is 0 Å². The van der Waals surface area contributed by atoms with Gasteiger partial charge in [-0.15, -0.1) is 13.2 Å². The van der Waals surface area contributed by atoms with E-state index in [1.165, 1.54) is 0 Å². The highest BCUT2D eigenvalue weighted by atomic mass is 19.4. The number of nitrogens with zero attached hydrogens (tertiary/aromatic N) is 1. The molecule has 0 radical (unpaired) electrons. The van der Waals surface area contributed by atoms with Crippen LogP contribution in [-0.2, 0) is 4.74 Å². The van der Waals surface area contributed by atoms with E-state index in [2.05, 4.69) is 20.7 Å². The van der Waals surface area contributed by atoms with Gasteiger partial charge in [-0.2, -0.15) is 0 Å². The van der Waals surface area contributed by atoms with E-state index in [0.717, 1.165) is 29.2 Å². The molecule has 1 aromatic carbocycles. The number of hydrogen-bond acceptors (Lipinski definition) is 8. The number of aliphatic hydroxyl groups is 3. The van der Waals surface area contributed by atoms with Crippen LogP contribution in [0.5, 0.6) is 5.75 Å². The predicted molar refractivity (Wildman–Crippen MR) is 98.5 cm³/mol. The molecule has 32 heavy (non-hydrogen) atoms. The van der Waals surface area contributed by atoms with E-state index < -0.39 is 54.3 Å². The van der Waals surface area contributed by atoms with Crippen molar-refractivity contribution in [1.29, 1.82) is 10.8 Å². The zero-order valence-corrected chi connectivity index (χ0v) is 16.1. The summed E-state index contributed by atoms with van der Waals surface area (Å²) in [6, 6.07) is 1.96. The summed E-state index contributed by atoms with van der Waals surface area (Å²) in [5, 5.41) is 55.6. The lowest BCUT2D eigenvalue weighted by Gasteiger charge is -2.50. The number of carbonyl (C=O) groups is 1. The Morgan fingerprint density at radius 3 is 2.47 bits per heavy atom. The normalized spacial score (nSPS) is 30.6. The van der Waals surface area contributed by atoms with Crippen LogP contribution in [0.15, 0.2) is 24.3 Å². The SMILES string of the molecule is N=C1N[C@H]2[C@H](CO)NC(=N)N3C[C@H](OC(=O)c4ccc(OC(F)(F)F)cc4)C(O)(O)[C@]23N1. The van der Waals surface area contributed by atoms with Gasteiger partial charge in [0.15, 0.2) is 23.7 Å². The number of halogens is 3. The third-order valence-electron chi connectivity index (χ3n) is 5.61. The molecule has 3 saturated heterocycles. The molecule has 0 saturated carbocycles. The summed E-state index contributed by atoms with van der Waals surface area (Å²) in [5.74, 6) is -5.04. The van der Waals surface area contributed by atoms with Crippen LogP contribution in [-0.4, -0.2) is 87.3 Å². The van der Waals surface area contributed by atoms with Crippen molar-refractivity contribution in [2.24, 2.45) is 0 Å². The van der Waals surface area contributed by atoms with Gasteiger partial charge in [0.1, 0.15) is 5.75 Å². The first-order valence-electron chi connectivity index (χ1n) is 9.27. The van der Waals surface area contributed by atoms with Gasteiger partial charge in [-0.25, -0.2) is 4.79 Å². The molecular formula is C17H19F3N6O6. The smallest absolute Gasteiger partial charge is 0.451 e. The topological polar surface area (TPSA) is 183 Å². The molecule has 3 aliphatic heterocycles. The van der Waals surface area contributed by atoms with Crippen molar-refractivity contribution >= 4 is 17.9 Å². The number of alkyl halides is 3. The van der Waals surface area contributed by atoms with Crippen molar-refractivity contribution in [3.05, 3.63) is 29.8 Å². The molecule has 3 heterocycles. The summed E-state index contributed by atoms with van der Waals surface area (Å²) in [5.41, 5.74) is -2.09. The third-order valence-corrected chi connectivity index (χ3v) is 5.61. The molecular weight excluding hydrogens is 441 g/mol. The minimum absolute atomic E-state index is 0.180. The standard InChI is InChI=1S/C17H19F3N6O6/c18-17(19,20)32-8-3-1-7(2-4-8)12(28)31-10-5-26-14(22)23-9(6-27)11-15(26,16(10,29)30)25-13(21)24-11/h1-4,9-11,27,29-30H,5-6H2,(H2,22,23)(H3,21,24,25)/t9-,10-,11-,15-/m0/s1. The first-order chi connectivity index (χ1) is 14.9. The highest BCUT2D eigenvalue weighted by Crippen LogP contribution is 2.44. The first kappa shape index (κ1) is 21.9. The van der Waals surface area contributed by atoms with Gasteiger partial charge in [-0.05, 0) is 24.3 Å². The van der Waals surface area contributed by atoms with Crippen LogP contribution in [0.3, 0.4) is 0 Å². The Kier molecular flexibility index (Phi) is 4.87. The Morgan fingerprint density at radius 1 is 1.22 bits per heavy atom. The van der Waals surface area contributed by atoms with Crippen molar-refractivity contribution in [3.63, 3.8) is 0 Å². The molecule has 1 aromatic rings. The molecule has 0 bridgehead atoms. The van der Waals surface area contributed by atoms with Gasteiger partial charge < -0.3 is 45.6 Å². The Hall–Kier alpha value is -3.30. The summed E-state index contributed by atoms with van der Waals surface area (Å²) in [6.07, 6.45) is -6.52. The number of benzene rings is 1. The van der Waals surface area contributed by atoms with Crippen LogP contribution in [0.1, 0.15) is 10.4 Å². The van der Waals surface area contributed by atoms with Crippen molar-refractivity contribution in [3.8, 4) is 5.75 Å². The lowest BCUT2D eigenvalue weighted by molar-refractivity contribution is -0.274. The Balaban J connectivity index is 1.57. The molecule has 0 aromatic heterocycles. The molecule has 174 valence electrons. The average Bonchev–Trinajstić information content (AvgIpc) is 3.16. The molecule has 15 heteroatoms. The third kappa shape index (κ3) is 3.25. The summed E-state index contributed by atoms with van der Waals surface area (Å²) < 4.78 is 45.8. The van der Waals surface area contributed by atoms with Crippen molar-refractivity contribution < 1.29 is 42.8 Å². The molecule has 4 atom stereocenters. The van der Waals surface area contributed by atoms with Gasteiger partial charge >= 0.3 is 12.3 Å². The Bertz CT molecular complexity index is 957. The fourth-order valence-corrected chi connectivity index (χ4v) is 4.26. The number of hydrogen-bond donors (Lipinski definition) is 8. The van der Waals surface area contributed by atoms with Crippen LogP contribution in [0.2, 0.25) is 0 Å². The average molecular weight is 460 g/mol. The van der Waals surface area contributed by atoms with Crippen molar-refractivity contribution in [2.45, 2.75) is 36.0 Å². The maximum atomic E-state index is 12.5. The van der Waals surface area contributed by atoms with Crippen LogP contribution in [0.4, 0.5) is 13.2 Å². The highest BCUT2D eigenvalue weighted by Gasteiger charge is 2.75. The Labute approximate surface area is 177 Å². The molecule has 0 aliphatic carbocycles. The molecule has 0 unspecified atom stereocenters. The van der Waals surface area contributed by atoms with E-state index in [4.69, 9.17) is 15.6 Å². The second-order valence-corrected chi connectivity index (χ2v) is 7.47. The number of carbonyl (C=O) groups excluding carboxylic acids is 1. The van der Waals surface area contributed by atoms with E-state index in [9.17, 15) is 33.3 Å². The number of nitrogens with one attached hydrogen (secondary N) is 5. The maximum Gasteiger partial charge on any atom is 0.573 e. The number of ether oxygens (including phenoxy) is 2. The van der Waals surface area contributed by atoms with Gasteiger partial charge in [0.2, 0.25) is 5.79 Å². The quantitative estimate of drug-likeness (QED) is 0.188. The Morgan fingerprint density at radius 2 is 1.88 bits per heavy atom. The fourth-order valence-electron chi connectivity index (χ4n) is 4.26. The number of guanidine groups is 2. The number of esters is 1. The fraction of sp³-hybridized carbons (Fsp3) is 0.471. The second-order valence-electron chi connectivity index (χ2n) is 7.47. The molecule has 8 N–H and O–H groups in total. The largest absolute Gasteiger partial charge is 0.573 e. The monoisotopic (exact) mass is 460 g/mol. The van der Waals surface area contributed by atoms with Gasteiger partial charge in [-0.3, -0.25) is 10.8 Å². The molecule has 12 nitrogen and oxygen atoms in total. The summed E-state index contributed by atoms with van der Waals surface area (Å²) in [4.78, 5) is 13.7. The van der Waals surface area contributed by atoms with Crippen molar-refractivity contribution in [1.82, 2.24) is 20.9 Å². The van der Waals surface area contributed by atoms with Crippen LogP contribution >= 0.6 is 0 Å². The molecule has 1 spiro atoms. The van der Waals surface area contributed by atoms with E-state index in [1.54, 1.807) is 0 Å². The summed E-state index contributed by atoms with van der Waals surface area (Å²) >= 11 is 0. The van der Waals surface area contributed by atoms with Crippen LogP contribution < -0.4 is 20.7 Å². The predicted octanol–water partition coefficient (Wildman–Crippen LogP) is -1.80. The first-order valence-corrected chi connectivity index (χ1v) is 9.27. The van der Waals surface area contributed by atoms with Gasteiger partial charge in [0.25, 0.3) is 0 Å². The van der Waals surface area contributed by atoms with Gasteiger partial charge in [0, 0.05) is 0 Å². The van der Waals surface area contributed by atoms with Crippen LogP contribution in [0, 0.1) is 10.8 Å². The molecule has 0 amide bonds. The number of rotatable bonds is 4. The summed E-state index contributed by atoms with van der Waals surface area (Å²) in [6.45, 7) is -0.867. The second kappa shape index (κ2) is 7.11. The zero-order chi connectivity index (χ0) is 23.5. The van der Waals surface area contributed by atoms with Gasteiger partial charge in [-0.1, -0.05) is 0 Å².